The van der Waals surface area contributed by atoms with E-state index in [0.29, 0.717) is 12.2 Å². The highest BCUT2D eigenvalue weighted by atomic mass is 32.1. The minimum atomic E-state index is -0.391. The number of nitrogens with zero attached hydrogens (tertiary/aromatic N) is 3. The molecule has 2 heterocycles. The molecule has 102 valence electrons. The first-order valence-electron chi connectivity index (χ1n) is 5.69. The van der Waals surface area contributed by atoms with Gasteiger partial charge in [-0.2, -0.15) is 0 Å². The number of anilines is 1. The summed E-state index contributed by atoms with van der Waals surface area (Å²) >= 11 is 3.11. The number of carbonyl (C=O) groups is 1. The van der Waals surface area contributed by atoms with Crippen molar-refractivity contribution in [3.63, 3.8) is 0 Å². The zero-order valence-corrected chi connectivity index (χ0v) is 12.9. The molecule has 0 N–H and O–H groups in total. The van der Waals surface area contributed by atoms with Crippen molar-refractivity contribution in [2.45, 2.75) is 20.4 Å². The largest absolute Gasteiger partial charge is 0.464 e. The van der Waals surface area contributed by atoms with Gasteiger partial charge in [-0.05, 0) is 13.8 Å². The average Bonchev–Trinajstić information content (AvgIpc) is 2.95. The number of hydrogen-bond donors (Lipinski definition) is 0. The van der Waals surface area contributed by atoms with Crippen LogP contribution in [-0.4, -0.2) is 30.1 Å². The van der Waals surface area contributed by atoms with Crippen LogP contribution in [0.5, 0.6) is 0 Å². The van der Waals surface area contributed by atoms with Crippen molar-refractivity contribution < 1.29 is 9.53 Å². The van der Waals surface area contributed by atoms with Gasteiger partial charge in [0.1, 0.15) is 0 Å². The monoisotopic (exact) mass is 297 g/mol. The second-order valence-electron chi connectivity index (χ2n) is 4.11. The van der Waals surface area contributed by atoms with Gasteiger partial charge in [0.25, 0.3) is 0 Å². The lowest BCUT2D eigenvalue weighted by Crippen LogP contribution is -2.16. The van der Waals surface area contributed by atoms with E-state index in [1.54, 1.807) is 11.3 Å². The lowest BCUT2D eigenvalue weighted by molar-refractivity contribution is 0.0594. The molecule has 2 aromatic heterocycles. The maximum Gasteiger partial charge on any atom is 0.357 e. The number of hydrogen-bond acceptors (Lipinski definition) is 7. The van der Waals surface area contributed by atoms with Gasteiger partial charge < -0.3 is 9.64 Å². The number of aryl methyl sites for hydroxylation is 2. The van der Waals surface area contributed by atoms with E-state index in [9.17, 15) is 4.79 Å². The minimum absolute atomic E-state index is 0.391. The molecule has 19 heavy (non-hydrogen) atoms. The van der Waals surface area contributed by atoms with E-state index in [1.807, 2.05) is 31.2 Å². The number of esters is 1. The Balaban J connectivity index is 2.15. The number of aromatic nitrogens is 2. The molecule has 0 unspecified atom stereocenters. The molecule has 0 aliphatic rings. The number of rotatable bonds is 4. The molecule has 0 saturated heterocycles. The predicted octanol–water partition coefficient (Wildman–Crippen LogP) is 2.64. The molecule has 0 aliphatic heterocycles. The summed E-state index contributed by atoms with van der Waals surface area (Å²) in [5.41, 5.74) is 1.40. The molecule has 0 amide bonds. The molecular weight excluding hydrogens is 282 g/mol. The van der Waals surface area contributed by atoms with Crippen molar-refractivity contribution in [1.29, 1.82) is 0 Å². The third kappa shape index (κ3) is 3.10. The van der Waals surface area contributed by atoms with E-state index in [4.69, 9.17) is 4.74 Å². The van der Waals surface area contributed by atoms with Gasteiger partial charge in [-0.15, -0.1) is 22.7 Å². The Hall–Kier alpha value is -1.47. The zero-order chi connectivity index (χ0) is 14.0. The summed E-state index contributed by atoms with van der Waals surface area (Å²) < 4.78 is 4.71. The predicted molar refractivity (Wildman–Crippen MR) is 77.1 cm³/mol. The molecule has 0 aromatic carbocycles. The van der Waals surface area contributed by atoms with E-state index >= 15 is 0 Å². The molecular formula is C12H15N3O2S2. The Bertz CT molecular complexity index is 592. The van der Waals surface area contributed by atoms with Crippen LogP contribution in [0.25, 0.3) is 0 Å². The van der Waals surface area contributed by atoms with Gasteiger partial charge >= 0.3 is 5.97 Å². The van der Waals surface area contributed by atoms with Gasteiger partial charge in [0.2, 0.25) is 0 Å². The fraction of sp³-hybridized carbons (Fsp3) is 0.417. The van der Waals surface area contributed by atoms with Crippen LogP contribution in [0.1, 0.15) is 26.1 Å². The third-order valence-electron chi connectivity index (χ3n) is 2.56. The highest BCUT2D eigenvalue weighted by Crippen LogP contribution is 2.26. The topological polar surface area (TPSA) is 55.3 Å². The Kier molecular flexibility index (Phi) is 4.16. The van der Waals surface area contributed by atoms with Crippen LogP contribution >= 0.6 is 22.7 Å². The van der Waals surface area contributed by atoms with Gasteiger partial charge in [-0.3, -0.25) is 0 Å². The van der Waals surface area contributed by atoms with Crippen molar-refractivity contribution in [2.24, 2.45) is 0 Å². The molecule has 7 heteroatoms. The van der Waals surface area contributed by atoms with Gasteiger partial charge in [0.05, 0.1) is 24.4 Å². The van der Waals surface area contributed by atoms with Crippen molar-refractivity contribution in [1.82, 2.24) is 9.97 Å². The number of thiazole rings is 2. The maximum atomic E-state index is 11.5. The molecule has 0 radical (unpaired) electrons. The quantitative estimate of drug-likeness (QED) is 0.812. The normalized spacial score (nSPS) is 10.5. The van der Waals surface area contributed by atoms with Crippen LogP contribution in [0, 0.1) is 13.8 Å². The molecule has 0 fully saturated rings. The molecule has 0 bridgehead atoms. The van der Waals surface area contributed by atoms with Gasteiger partial charge in [-0.1, -0.05) is 0 Å². The summed E-state index contributed by atoms with van der Waals surface area (Å²) in [5.74, 6) is -0.391. The van der Waals surface area contributed by atoms with Gasteiger partial charge in [0.15, 0.2) is 10.8 Å². The Labute approximate surface area is 119 Å². The third-order valence-corrected chi connectivity index (χ3v) is 4.46. The Morgan fingerprint density at radius 2 is 2.16 bits per heavy atom. The Morgan fingerprint density at radius 1 is 1.42 bits per heavy atom. The van der Waals surface area contributed by atoms with E-state index < -0.39 is 5.97 Å². The van der Waals surface area contributed by atoms with Crippen LogP contribution in [0.2, 0.25) is 0 Å². The van der Waals surface area contributed by atoms with E-state index in [0.717, 1.165) is 20.7 Å². The second-order valence-corrected chi connectivity index (χ2v) is 6.35. The zero-order valence-electron chi connectivity index (χ0n) is 11.3. The average molecular weight is 297 g/mol. The van der Waals surface area contributed by atoms with Crippen molar-refractivity contribution in [3.8, 4) is 0 Å². The first-order chi connectivity index (χ1) is 9.01. The van der Waals surface area contributed by atoms with Crippen molar-refractivity contribution in [2.75, 3.05) is 19.1 Å². The van der Waals surface area contributed by atoms with E-state index in [1.165, 1.54) is 18.4 Å². The smallest absolute Gasteiger partial charge is 0.357 e. The van der Waals surface area contributed by atoms with Gasteiger partial charge in [-0.25, -0.2) is 14.8 Å². The minimum Gasteiger partial charge on any atom is -0.464 e. The Morgan fingerprint density at radius 3 is 2.74 bits per heavy atom. The fourth-order valence-electron chi connectivity index (χ4n) is 1.62. The van der Waals surface area contributed by atoms with Crippen LogP contribution in [0.4, 0.5) is 5.13 Å². The highest BCUT2D eigenvalue weighted by Gasteiger charge is 2.18. The molecule has 0 aliphatic carbocycles. The molecule has 2 rings (SSSR count). The van der Waals surface area contributed by atoms with Crippen LogP contribution in [0.3, 0.4) is 0 Å². The summed E-state index contributed by atoms with van der Waals surface area (Å²) in [6.07, 6.45) is 0. The molecule has 2 aromatic rings. The number of ether oxygens (including phenoxy) is 1. The first kappa shape index (κ1) is 14.0. The lowest BCUT2D eigenvalue weighted by Gasteiger charge is -2.13. The molecule has 0 saturated carbocycles. The summed E-state index contributed by atoms with van der Waals surface area (Å²) in [5, 5.41) is 3.88. The van der Waals surface area contributed by atoms with Crippen LogP contribution in [0.15, 0.2) is 5.38 Å². The van der Waals surface area contributed by atoms with Gasteiger partial charge in [0, 0.05) is 17.3 Å². The summed E-state index contributed by atoms with van der Waals surface area (Å²) in [7, 11) is 3.30. The van der Waals surface area contributed by atoms with Crippen molar-refractivity contribution >= 4 is 33.8 Å². The number of methoxy groups -OCH3 is 1. The van der Waals surface area contributed by atoms with E-state index in [-0.39, 0.29) is 0 Å². The molecule has 0 atom stereocenters. The van der Waals surface area contributed by atoms with Crippen LogP contribution in [-0.2, 0) is 11.3 Å². The SMILES string of the molecule is COC(=O)c1nc(N(C)Cc2csc(C)n2)sc1C. The first-order valence-corrected chi connectivity index (χ1v) is 7.38. The maximum absolute atomic E-state index is 11.5. The molecule has 0 spiro atoms. The van der Waals surface area contributed by atoms with Crippen molar-refractivity contribution in [3.05, 3.63) is 26.7 Å². The van der Waals surface area contributed by atoms with Crippen LogP contribution < -0.4 is 4.90 Å². The van der Waals surface area contributed by atoms with E-state index in [2.05, 4.69) is 9.97 Å². The standard InChI is InChI=1S/C12H15N3O2S2/c1-7-10(11(16)17-4)14-12(19-7)15(3)5-9-6-18-8(2)13-9/h6H,5H2,1-4H3. The summed E-state index contributed by atoms with van der Waals surface area (Å²) in [6, 6.07) is 0. The molecule has 5 nitrogen and oxygen atoms in total. The summed E-state index contributed by atoms with van der Waals surface area (Å²) in [4.78, 5) is 23.1. The fourth-order valence-corrected chi connectivity index (χ4v) is 3.08. The number of carbonyl (C=O) groups excluding carboxylic acids is 1. The highest BCUT2D eigenvalue weighted by molar-refractivity contribution is 7.15. The lowest BCUT2D eigenvalue weighted by atomic mass is 10.4. The summed E-state index contributed by atoms with van der Waals surface area (Å²) in [6.45, 7) is 4.53. The second kappa shape index (κ2) is 5.66.